The molecular formula is C19H21Cl2N3O2. The summed E-state index contributed by atoms with van der Waals surface area (Å²) in [5.74, 6) is 0.725. The van der Waals surface area contributed by atoms with Crippen molar-refractivity contribution in [1.82, 2.24) is 4.98 Å². The zero-order valence-electron chi connectivity index (χ0n) is 14.7. The Labute approximate surface area is 163 Å². The summed E-state index contributed by atoms with van der Waals surface area (Å²) in [6.07, 6.45) is 2.19. The molecule has 7 heteroatoms. The van der Waals surface area contributed by atoms with Crippen LogP contribution in [0.2, 0.25) is 10.0 Å². The van der Waals surface area contributed by atoms with Gasteiger partial charge in [0.2, 0.25) is 5.91 Å². The first-order valence-corrected chi connectivity index (χ1v) is 9.26. The highest BCUT2D eigenvalue weighted by Crippen LogP contribution is 2.22. The molecule has 1 aliphatic heterocycles. The van der Waals surface area contributed by atoms with Gasteiger partial charge in [0.25, 0.3) is 0 Å². The number of nitrogens with zero attached hydrogens (tertiary/aromatic N) is 2. The zero-order chi connectivity index (χ0) is 18.7. The summed E-state index contributed by atoms with van der Waals surface area (Å²) in [4.78, 5) is 18.9. The first kappa shape index (κ1) is 19.0. The number of benzene rings is 1. The molecule has 0 bridgehead atoms. The smallest absolute Gasteiger partial charge is 0.228 e. The van der Waals surface area contributed by atoms with Gasteiger partial charge in [-0.05, 0) is 43.7 Å². The van der Waals surface area contributed by atoms with Gasteiger partial charge in [0.1, 0.15) is 5.82 Å². The zero-order valence-corrected chi connectivity index (χ0v) is 16.2. The maximum Gasteiger partial charge on any atom is 0.228 e. The van der Waals surface area contributed by atoms with Gasteiger partial charge in [-0.15, -0.1) is 0 Å². The summed E-state index contributed by atoms with van der Waals surface area (Å²) in [5, 5.41) is 3.87. The Morgan fingerprint density at radius 1 is 1.23 bits per heavy atom. The molecule has 5 nitrogen and oxygen atoms in total. The average molecular weight is 394 g/mol. The average Bonchev–Trinajstić information content (AvgIpc) is 2.57. The number of ether oxygens (including phenoxy) is 1. The topological polar surface area (TPSA) is 54.5 Å². The molecule has 3 rings (SSSR count). The molecular weight excluding hydrogens is 373 g/mol. The minimum atomic E-state index is -0.155. The Kier molecular flexibility index (Phi) is 6.01. The number of carbonyl (C=O) groups is 1. The van der Waals surface area contributed by atoms with Crippen LogP contribution in [0.5, 0.6) is 0 Å². The number of carbonyl (C=O) groups excluding carboxylic acids is 1. The highest BCUT2D eigenvalue weighted by molar-refractivity contribution is 6.35. The van der Waals surface area contributed by atoms with Gasteiger partial charge in [0, 0.05) is 23.1 Å². The normalized spacial score (nSPS) is 20.1. The summed E-state index contributed by atoms with van der Waals surface area (Å²) >= 11 is 12.0. The van der Waals surface area contributed by atoms with Crippen LogP contribution in [-0.2, 0) is 16.0 Å². The number of aromatic nitrogens is 1. The minimum absolute atomic E-state index is 0.155. The second kappa shape index (κ2) is 8.25. The van der Waals surface area contributed by atoms with Crippen LogP contribution in [0.25, 0.3) is 0 Å². The van der Waals surface area contributed by atoms with E-state index in [2.05, 4.69) is 29.0 Å². The first-order valence-electron chi connectivity index (χ1n) is 8.51. The highest BCUT2D eigenvalue weighted by atomic mass is 35.5. The summed E-state index contributed by atoms with van der Waals surface area (Å²) < 4.78 is 5.74. The maximum atomic E-state index is 12.2. The summed E-state index contributed by atoms with van der Waals surface area (Å²) in [5.41, 5.74) is 1.38. The van der Waals surface area contributed by atoms with Crippen molar-refractivity contribution in [2.24, 2.45) is 0 Å². The largest absolute Gasteiger partial charge is 0.372 e. The summed E-state index contributed by atoms with van der Waals surface area (Å²) in [7, 11) is 0. The van der Waals surface area contributed by atoms with Crippen LogP contribution in [0.3, 0.4) is 0 Å². The van der Waals surface area contributed by atoms with Crippen molar-refractivity contribution in [1.29, 1.82) is 0 Å². The quantitative estimate of drug-likeness (QED) is 0.845. The molecule has 2 heterocycles. The van der Waals surface area contributed by atoms with E-state index in [0.717, 1.165) is 24.5 Å². The van der Waals surface area contributed by atoms with Gasteiger partial charge in [-0.1, -0.05) is 29.3 Å². The van der Waals surface area contributed by atoms with Gasteiger partial charge >= 0.3 is 0 Å². The minimum Gasteiger partial charge on any atom is -0.372 e. The van der Waals surface area contributed by atoms with Crippen LogP contribution in [0.1, 0.15) is 19.4 Å². The third-order valence-corrected chi connectivity index (χ3v) is 4.73. The van der Waals surface area contributed by atoms with E-state index in [4.69, 9.17) is 27.9 Å². The molecule has 2 atom stereocenters. The van der Waals surface area contributed by atoms with E-state index in [1.165, 1.54) is 0 Å². The van der Waals surface area contributed by atoms with Gasteiger partial charge < -0.3 is 15.0 Å². The molecule has 1 aromatic carbocycles. The highest BCUT2D eigenvalue weighted by Gasteiger charge is 2.23. The molecule has 1 saturated heterocycles. The number of anilines is 2. The molecule has 0 aliphatic carbocycles. The van der Waals surface area contributed by atoms with Crippen molar-refractivity contribution in [3.8, 4) is 0 Å². The van der Waals surface area contributed by atoms with Crippen molar-refractivity contribution >= 4 is 40.6 Å². The number of pyridine rings is 1. The fourth-order valence-electron chi connectivity index (χ4n) is 3.06. The van der Waals surface area contributed by atoms with Gasteiger partial charge in [0.05, 0.1) is 30.5 Å². The van der Waals surface area contributed by atoms with Crippen molar-refractivity contribution in [2.75, 3.05) is 23.3 Å². The van der Waals surface area contributed by atoms with E-state index in [-0.39, 0.29) is 24.5 Å². The SMILES string of the molecule is CC1CN(c2ccc(NC(=O)Cc3ccc(Cl)cc3Cl)cn2)CC(C)O1. The van der Waals surface area contributed by atoms with Crippen molar-refractivity contribution in [3.05, 3.63) is 52.1 Å². The fourth-order valence-corrected chi connectivity index (χ4v) is 3.53. The number of hydrogen-bond acceptors (Lipinski definition) is 4. The van der Waals surface area contributed by atoms with Crippen LogP contribution in [0, 0.1) is 0 Å². The number of amides is 1. The van der Waals surface area contributed by atoms with Gasteiger partial charge in [-0.2, -0.15) is 0 Å². The molecule has 1 fully saturated rings. The Morgan fingerprint density at radius 2 is 1.96 bits per heavy atom. The Bertz CT molecular complexity index is 773. The lowest BCUT2D eigenvalue weighted by molar-refractivity contribution is -0.115. The monoisotopic (exact) mass is 393 g/mol. The molecule has 1 amide bonds. The third-order valence-electron chi connectivity index (χ3n) is 4.14. The molecule has 1 N–H and O–H groups in total. The number of rotatable bonds is 4. The second-order valence-electron chi connectivity index (χ2n) is 6.53. The van der Waals surface area contributed by atoms with E-state index in [1.807, 2.05) is 12.1 Å². The molecule has 0 saturated carbocycles. The van der Waals surface area contributed by atoms with Crippen LogP contribution in [0.15, 0.2) is 36.5 Å². The molecule has 2 aromatic rings. The lowest BCUT2D eigenvalue weighted by Gasteiger charge is -2.36. The number of morpholine rings is 1. The Hall–Kier alpha value is -1.82. The van der Waals surface area contributed by atoms with Crippen molar-refractivity contribution in [2.45, 2.75) is 32.5 Å². The molecule has 0 radical (unpaired) electrons. The van der Waals surface area contributed by atoms with Gasteiger partial charge in [-0.3, -0.25) is 4.79 Å². The fraction of sp³-hybridized carbons (Fsp3) is 0.368. The van der Waals surface area contributed by atoms with Crippen LogP contribution < -0.4 is 10.2 Å². The van der Waals surface area contributed by atoms with E-state index in [9.17, 15) is 4.79 Å². The van der Waals surface area contributed by atoms with Gasteiger partial charge in [0.15, 0.2) is 0 Å². The standard InChI is InChI=1S/C19H21Cl2N3O2/c1-12-10-24(11-13(2)26-12)18-6-5-16(9-22-18)23-19(25)7-14-3-4-15(20)8-17(14)21/h3-6,8-9,12-13H,7,10-11H2,1-2H3,(H,23,25). The first-order chi connectivity index (χ1) is 12.4. The van der Waals surface area contributed by atoms with Crippen LogP contribution in [-0.4, -0.2) is 36.2 Å². The van der Waals surface area contributed by atoms with E-state index >= 15 is 0 Å². The second-order valence-corrected chi connectivity index (χ2v) is 7.37. The predicted octanol–water partition coefficient (Wildman–Crippen LogP) is 4.18. The van der Waals surface area contributed by atoms with Crippen molar-refractivity contribution < 1.29 is 9.53 Å². The van der Waals surface area contributed by atoms with Crippen molar-refractivity contribution in [3.63, 3.8) is 0 Å². The van der Waals surface area contributed by atoms with Crippen LogP contribution in [0.4, 0.5) is 11.5 Å². The molecule has 0 spiro atoms. The number of nitrogens with one attached hydrogen (secondary N) is 1. The predicted molar refractivity (Wildman–Crippen MR) is 105 cm³/mol. The third kappa shape index (κ3) is 4.87. The Morgan fingerprint density at radius 3 is 2.58 bits per heavy atom. The number of hydrogen-bond donors (Lipinski definition) is 1. The summed E-state index contributed by atoms with van der Waals surface area (Å²) in [6, 6.07) is 8.87. The summed E-state index contributed by atoms with van der Waals surface area (Å²) in [6.45, 7) is 5.72. The number of halogens is 2. The molecule has 1 aliphatic rings. The van der Waals surface area contributed by atoms with E-state index in [0.29, 0.717) is 15.7 Å². The lowest BCUT2D eigenvalue weighted by Crippen LogP contribution is -2.45. The molecule has 2 unspecified atom stereocenters. The Balaban J connectivity index is 1.61. The van der Waals surface area contributed by atoms with E-state index in [1.54, 1.807) is 24.4 Å². The van der Waals surface area contributed by atoms with Gasteiger partial charge in [-0.25, -0.2) is 4.98 Å². The van der Waals surface area contributed by atoms with Crippen LogP contribution >= 0.6 is 23.2 Å². The molecule has 138 valence electrons. The molecule has 26 heavy (non-hydrogen) atoms. The maximum absolute atomic E-state index is 12.2. The molecule has 1 aromatic heterocycles. The van der Waals surface area contributed by atoms with E-state index < -0.39 is 0 Å². The lowest BCUT2D eigenvalue weighted by atomic mass is 10.1.